The number of halogens is 3. The molecule has 3 aromatic rings. The number of fused-ring (bicyclic) bond motifs is 3. The van der Waals surface area contributed by atoms with E-state index in [0.717, 1.165) is 37.4 Å². The number of pyridine rings is 1. The van der Waals surface area contributed by atoms with E-state index in [1.807, 2.05) is 13.0 Å². The zero-order chi connectivity index (χ0) is 25.0. The van der Waals surface area contributed by atoms with Crippen LogP contribution in [0, 0.1) is 24.7 Å². The van der Waals surface area contributed by atoms with Crippen molar-refractivity contribution in [3.05, 3.63) is 41.7 Å². The molecule has 3 aromatic heterocycles. The zero-order valence-electron chi connectivity index (χ0n) is 20.0. The van der Waals surface area contributed by atoms with Crippen LogP contribution >= 0.6 is 0 Å². The van der Waals surface area contributed by atoms with Crippen molar-refractivity contribution in [1.82, 2.24) is 24.6 Å². The molecule has 1 unspecified atom stereocenters. The number of aliphatic hydroxyl groups is 1. The summed E-state index contributed by atoms with van der Waals surface area (Å²) < 4.78 is 44.8. The first-order chi connectivity index (χ1) is 16.5. The molecule has 4 heterocycles. The molecule has 2 aliphatic rings. The van der Waals surface area contributed by atoms with E-state index in [1.54, 1.807) is 20.2 Å². The molecule has 11 heteroatoms. The van der Waals surface area contributed by atoms with Gasteiger partial charge in [-0.05, 0) is 63.5 Å². The number of hydrogen-bond acceptors (Lipinski definition) is 7. The van der Waals surface area contributed by atoms with E-state index in [4.69, 9.17) is 4.74 Å². The molecule has 188 valence electrons. The number of hydrogen-bond donors (Lipinski definition) is 1. The Morgan fingerprint density at radius 3 is 2.46 bits per heavy atom. The number of piperidine rings is 1. The van der Waals surface area contributed by atoms with Gasteiger partial charge in [-0.3, -0.25) is 0 Å². The van der Waals surface area contributed by atoms with Crippen LogP contribution in [0.4, 0.5) is 19.0 Å². The number of alkyl halides is 3. The highest BCUT2D eigenvalue weighted by Gasteiger charge is 2.43. The van der Waals surface area contributed by atoms with Gasteiger partial charge in [0.05, 0.1) is 5.69 Å². The molecule has 0 amide bonds. The normalized spacial score (nSPS) is 22.7. The Hall–Kier alpha value is -2.95. The minimum atomic E-state index is -4.47. The summed E-state index contributed by atoms with van der Waals surface area (Å²) >= 11 is 0. The Kier molecular flexibility index (Phi) is 5.85. The molecule has 3 atom stereocenters. The van der Waals surface area contributed by atoms with Crippen LogP contribution in [0.25, 0.3) is 5.65 Å². The third-order valence-electron chi connectivity index (χ3n) is 7.07. The van der Waals surface area contributed by atoms with Gasteiger partial charge in [0.15, 0.2) is 23.8 Å². The van der Waals surface area contributed by atoms with Gasteiger partial charge in [0.1, 0.15) is 17.7 Å². The van der Waals surface area contributed by atoms with Crippen molar-refractivity contribution in [2.75, 3.05) is 24.6 Å². The average molecular weight is 491 g/mol. The third kappa shape index (κ3) is 4.91. The molecule has 0 radical (unpaired) electrons. The summed E-state index contributed by atoms with van der Waals surface area (Å²) in [6.07, 6.45) is -0.0317. The lowest BCUT2D eigenvalue weighted by atomic mass is 9.82. The average Bonchev–Trinajstić information content (AvgIpc) is 3.27. The van der Waals surface area contributed by atoms with E-state index in [-0.39, 0.29) is 11.4 Å². The summed E-state index contributed by atoms with van der Waals surface area (Å²) in [6.45, 7) is 5.52. The Morgan fingerprint density at radius 1 is 1.11 bits per heavy atom. The lowest BCUT2D eigenvalue weighted by Crippen LogP contribution is -2.43. The van der Waals surface area contributed by atoms with Crippen LogP contribution in [-0.2, 0) is 12.0 Å². The number of nitrogens with zero attached hydrogens (tertiary/aromatic N) is 6. The molecular weight excluding hydrogens is 461 g/mol. The van der Waals surface area contributed by atoms with Crippen LogP contribution < -0.4 is 9.64 Å². The fraction of sp³-hybridized carbons (Fsp3) is 0.583. The molecule has 0 spiro atoms. The summed E-state index contributed by atoms with van der Waals surface area (Å²) in [4.78, 5) is 15.5. The van der Waals surface area contributed by atoms with Crippen molar-refractivity contribution >= 4 is 11.5 Å². The molecule has 5 rings (SSSR count). The molecule has 1 aliphatic heterocycles. The maximum absolute atomic E-state index is 12.8. The minimum absolute atomic E-state index is 0.00834. The van der Waals surface area contributed by atoms with Gasteiger partial charge >= 0.3 is 6.18 Å². The Morgan fingerprint density at radius 2 is 1.83 bits per heavy atom. The Balaban J connectivity index is 1.40. The smallest absolute Gasteiger partial charge is 0.422 e. The molecular formula is C24H29F3N6O2. The van der Waals surface area contributed by atoms with Gasteiger partial charge in [-0.25, -0.2) is 19.5 Å². The van der Waals surface area contributed by atoms with Gasteiger partial charge < -0.3 is 14.7 Å². The molecule has 1 N–H and O–H groups in total. The number of aromatic nitrogens is 5. The van der Waals surface area contributed by atoms with Crippen molar-refractivity contribution < 1.29 is 23.0 Å². The van der Waals surface area contributed by atoms with Crippen molar-refractivity contribution in [2.24, 2.45) is 17.8 Å². The first-order valence-electron chi connectivity index (χ1n) is 11.8. The number of ether oxygens (including phenoxy) is 1. The van der Waals surface area contributed by atoms with Crippen LogP contribution in [-0.4, -0.2) is 55.5 Å². The van der Waals surface area contributed by atoms with Crippen molar-refractivity contribution in [3.63, 3.8) is 0 Å². The van der Waals surface area contributed by atoms with E-state index >= 15 is 0 Å². The largest absolute Gasteiger partial charge is 0.480 e. The lowest BCUT2D eigenvalue weighted by molar-refractivity contribution is -0.153. The van der Waals surface area contributed by atoms with Crippen LogP contribution in [0.1, 0.15) is 43.9 Å². The van der Waals surface area contributed by atoms with Crippen LogP contribution in [0.15, 0.2) is 24.5 Å². The lowest BCUT2D eigenvalue weighted by Gasteiger charge is -2.38. The van der Waals surface area contributed by atoms with Gasteiger partial charge in [0.25, 0.3) is 0 Å². The van der Waals surface area contributed by atoms with Gasteiger partial charge in [0, 0.05) is 31.3 Å². The number of rotatable bonds is 6. The second-order valence-electron chi connectivity index (χ2n) is 10.2. The zero-order valence-corrected chi connectivity index (χ0v) is 20.0. The second kappa shape index (κ2) is 8.61. The number of anilines is 1. The maximum Gasteiger partial charge on any atom is 0.422 e. The molecule has 2 fully saturated rings. The first-order valence-corrected chi connectivity index (χ1v) is 11.8. The predicted molar refractivity (Wildman–Crippen MR) is 122 cm³/mol. The van der Waals surface area contributed by atoms with Crippen molar-refractivity contribution in [1.29, 1.82) is 0 Å². The molecule has 1 aliphatic carbocycles. The van der Waals surface area contributed by atoms with E-state index < -0.39 is 18.4 Å². The summed E-state index contributed by atoms with van der Waals surface area (Å²) in [6, 6.07) is 4.95. The molecule has 35 heavy (non-hydrogen) atoms. The molecule has 1 saturated carbocycles. The van der Waals surface area contributed by atoms with E-state index in [1.165, 1.54) is 16.6 Å². The highest BCUT2D eigenvalue weighted by molar-refractivity contribution is 5.55. The molecule has 0 aromatic carbocycles. The van der Waals surface area contributed by atoms with E-state index in [2.05, 4.69) is 25.0 Å². The Labute approximate surface area is 201 Å². The van der Waals surface area contributed by atoms with E-state index in [9.17, 15) is 18.3 Å². The first kappa shape index (κ1) is 23.8. The second-order valence-corrected chi connectivity index (χ2v) is 10.2. The minimum Gasteiger partial charge on any atom is -0.480 e. The van der Waals surface area contributed by atoms with Crippen molar-refractivity contribution in [3.8, 4) is 5.75 Å². The fourth-order valence-electron chi connectivity index (χ4n) is 5.48. The molecule has 2 bridgehead atoms. The van der Waals surface area contributed by atoms with Gasteiger partial charge in [-0.1, -0.05) is 0 Å². The summed E-state index contributed by atoms with van der Waals surface area (Å²) in [5.41, 5.74) is 0.295. The maximum atomic E-state index is 12.8. The van der Waals surface area contributed by atoms with Gasteiger partial charge in [0.2, 0.25) is 0 Å². The third-order valence-corrected chi connectivity index (χ3v) is 7.07. The highest BCUT2D eigenvalue weighted by atomic mass is 19.4. The summed E-state index contributed by atoms with van der Waals surface area (Å²) in [5.74, 6) is 2.75. The van der Waals surface area contributed by atoms with Gasteiger partial charge in [-0.2, -0.15) is 18.3 Å². The quantitative estimate of drug-likeness (QED) is 0.564. The summed E-state index contributed by atoms with van der Waals surface area (Å²) in [5, 5.41) is 15.2. The molecule has 1 saturated heterocycles. The topological polar surface area (TPSA) is 88.7 Å². The predicted octanol–water partition coefficient (Wildman–Crippen LogP) is 3.70. The molecule has 8 nitrogen and oxygen atoms in total. The number of aryl methyl sites for hydroxylation is 1. The van der Waals surface area contributed by atoms with Crippen LogP contribution in [0.5, 0.6) is 5.75 Å². The highest BCUT2D eigenvalue weighted by Crippen LogP contribution is 2.44. The summed E-state index contributed by atoms with van der Waals surface area (Å²) in [7, 11) is 0. The Bertz CT molecular complexity index is 1210. The van der Waals surface area contributed by atoms with Crippen LogP contribution in [0.2, 0.25) is 0 Å². The fourth-order valence-corrected chi connectivity index (χ4v) is 5.48. The van der Waals surface area contributed by atoms with E-state index in [0.29, 0.717) is 35.7 Å². The van der Waals surface area contributed by atoms with Gasteiger partial charge in [-0.15, -0.1) is 0 Å². The van der Waals surface area contributed by atoms with Crippen LogP contribution in [0.3, 0.4) is 0 Å². The standard InChI is InChI=1S/C24H29F3N6O2/c1-14-8-21(29-13-28-14)32-10-15-4-5-16(11-32)17(15)9-20-30-22-18(35-12-24(25,26)27)6-7-19(23(2,3)34)33(22)31-20/h6-8,13,15-17,34H,4-5,9-12H2,1-3H3/t15-,16+,17?. The monoisotopic (exact) mass is 490 g/mol. The SMILES string of the molecule is Cc1cc(N2C[C@H]3CC[C@@H](C2)C3Cc2nc3c(OCC(F)(F)F)ccc(C(C)(C)O)n3n2)ncn1. The van der Waals surface area contributed by atoms with Crippen molar-refractivity contribution in [2.45, 2.75) is 51.8 Å².